The molecule has 0 atom stereocenters. The molecule has 2 N–H and O–H groups in total. The van der Waals surface area contributed by atoms with Crippen LogP contribution in [0.2, 0.25) is 0 Å². The SMILES string of the molecule is CCNC(=NCc1scnc1C)NCC1(CC)CCCC1.I. The fourth-order valence-electron chi connectivity index (χ4n) is 3.02. The molecule has 1 aromatic rings. The molecule has 1 fully saturated rings. The molecule has 1 saturated carbocycles. The van der Waals surface area contributed by atoms with Crippen LogP contribution in [0.25, 0.3) is 0 Å². The second-order valence-corrected chi connectivity index (χ2v) is 6.91. The number of nitrogens with one attached hydrogen (secondary N) is 2. The van der Waals surface area contributed by atoms with Crippen LogP contribution >= 0.6 is 35.3 Å². The minimum absolute atomic E-state index is 0. The molecule has 0 saturated heterocycles. The van der Waals surface area contributed by atoms with Crippen molar-refractivity contribution in [3.05, 3.63) is 16.1 Å². The quantitative estimate of drug-likeness (QED) is 0.401. The van der Waals surface area contributed by atoms with Gasteiger partial charge in [0, 0.05) is 18.0 Å². The number of aromatic nitrogens is 1. The van der Waals surface area contributed by atoms with Gasteiger partial charge in [-0.2, -0.15) is 0 Å². The number of nitrogens with zero attached hydrogens (tertiary/aromatic N) is 2. The third kappa shape index (κ3) is 5.37. The zero-order valence-corrected chi connectivity index (χ0v) is 17.1. The molecule has 0 aromatic carbocycles. The number of aryl methyl sites for hydroxylation is 1. The fourth-order valence-corrected chi connectivity index (χ4v) is 3.72. The second kappa shape index (κ2) is 9.70. The minimum Gasteiger partial charge on any atom is -0.357 e. The lowest BCUT2D eigenvalue weighted by atomic mass is 9.83. The summed E-state index contributed by atoms with van der Waals surface area (Å²) in [5.41, 5.74) is 3.47. The summed E-state index contributed by atoms with van der Waals surface area (Å²) in [7, 11) is 0. The van der Waals surface area contributed by atoms with Gasteiger partial charge in [-0.15, -0.1) is 35.3 Å². The molecule has 0 spiro atoms. The van der Waals surface area contributed by atoms with Crippen LogP contribution in [0.15, 0.2) is 10.5 Å². The van der Waals surface area contributed by atoms with E-state index in [-0.39, 0.29) is 24.0 Å². The third-order valence-electron chi connectivity index (χ3n) is 4.61. The van der Waals surface area contributed by atoms with E-state index in [2.05, 4.69) is 29.5 Å². The number of thiazole rings is 1. The van der Waals surface area contributed by atoms with Crippen molar-refractivity contribution >= 4 is 41.3 Å². The van der Waals surface area contributed by atoms with Gasteiger partial charge >= 0.3 is 0 Å². The van der Waals surface area contributed by atoms with Gasteiger partial charge in [-0.3, -0.25) is 0 Å². The zero-order valence-electron chi connectivity index (χ0n) is 13.9. The first-order valence-electron chi connectivity index (χ1n) is 8.10. The molecule has 2 rings (SSSR count). The van der Waals surface area contributed by atoms with Crippen molar-refractivity contribution in [1.82, 2.24) is 15.6 Å². The summed E-state index contributed by atoms with van der Waals surface area (Å²) in [5.74, 6) is 0.935. The highest BCUT2D eigenvalue weighted by Gasteiger charge is 2.31. The van der Waals surface area contributed by atoms with E-state index in [1.807, 2.05) is 12.4 Å². The van der Waals surface area contributed by atoms with Gasteiger partial charge in [0.1, 0.15) is 0 Å². The first kappa shape index (κ1) is 19.7. The Balaban J connectivity index is 0.00000242. The maximum Gasteiger partial charge on any atom is 0.191 e. The summed E-state index contributed by atoms with van der Waals surface area (Å²) in [4.78, 5) is 10.2. The van der Waals surface area contributed by atoms with Gasteiger partial charge in [-0.1, -0.05) is 19.8 Å². The average molecular weight is 436 g/mol. The Kier molecular flexibility index (Phi) is 8.67. The van der Waals surface area contributed by atoms with E-state index in [4.69, 9.17) is 4.99 Å². The lowest BCUT2D eigenvalue weighted by Crippen LogP contribution is -2.42. The van der Waals surface area contributed by atoms with Gasteiger partial charge in [0.25, 0.3) is 0 Å². The monoisotopic (exact) mass is 436 g/mol. The van der Waals surface area contributed by atoms with Crippen LogP contribution in [-0.4, -0.2) is 24.0 Å². The van der Waals surface area contributed by atoms with Crippen molar-refractivity contribution in [3.63, 3.8) is 0 Å². The second-order valence-electron chi connectivity index (χ2n) is 5.97. The summed E-state index contributed by atoms with van der Waals surface area (Å²) < 4.78 is 0. The van der Waals surface area contributed by atoms with Crippen molar-refractivity contribution in [3.8, 4) is 0 Å². The van der Waals surface area contributed by atoms with Crippen LogP contribution in [0, 0.1) is 12.3 Å². The largest absolute Gasteiger partial charge is 0.357 e. The minimum atomic E-state index is 0. The maximum absolute atomic E-state index is 4.71. The first-order chi connectivity index (χ1) is 10.2. The van der Waals surface area contributed by atoms with E-state index in [1.165, 1.54) is 37.0 Å². The molecule has 1 heterocycles. The highest BCUT2D eigenvalue weighted by Crippen LogP contribution is 2.40. The van der Waals surface area contributed by atoms with Crippen LogP contribution in [0.1, 0.15) is 56.5 Å². The van der Waals surface area contributed by atoms with Gasteiger partial charge in [0.2, 0.25) is 0 Å². The molecule has 0 bridgehead atoms. The molecule has 0 aliphatic heterocycles. The molecule has 22 heavy (non-hydrogen) atoms. The molecule has 1 aromatic heterocycles. The lowest BCUT2D eigenvalue weighted by molar-refractivity contribution is 0.283. The molecule has 0 radical (unpaired) electrons. The molecular weight excluding hydrogens is 407 g/mol. The summed E-state index contributed by atoms with van der Waals surface area (Å²) >= 11 is 1.68. The Morgan fingerprint density at radius 3 is 2.59 bits per heavy atom. The van der Waals surface area contributed by atoms with Crippen molar-refractivity contribution in [2.75, 3.05) is 13.1 Å². The molecule has 0 amide bonds. The number of hydrogen-bond donors (Lipinski definition) is 2. The van der Waals surface area contributed by atoms with E-state index in [1.54, 1.807) is 11.3 Å². The van der Waals surface area contributed by atoms with Crippen molar-refractivity contribution in [2.24, 2.45) is 10.4 Å². The molecule has 4 nitrogen and oxygen atoms in total. The Hall–Kier alpha value is -0.370. The van der Waals surface area contributed by atoms with Crippen LogP contribution in [-0.2, 0) is 6.54 Å². The van der Waals surface area contributed by atoms with Gasteiger partial charge in [0.15, 0.2) is 5.96 Å². The molecule has 126 valence electrons. The number of rotatable bonds is 6. The van der Waals surface area contributed by atoms with E-state index in [9.17, 15) is 0 Å². The molecule has 0 unspecified atom stereocenters. The van der Waals surface area contributed by atoms with Crippen molar-refractivity contribution in [2.45, 2.75) is 59.4 Å². The van der Waals surface area contributed by atoms with Gasteiger partial charge in [0.05, 0.1) is 17.7 Å². The van der Waals surface area contributed by atoms with E-state index in [0.29, 0.717) is 12.0 Å². The van der Waals surface area contributed by atoms with Crippen molar-refractivity contribution < 1.29 is 0 Å². The number of guanidine groups is 1. The lowest BCUT2D eigenvalue weighted by Gasteiger charge is -2.28. The van der Waals surface area contributed by atoms with Crippen LogP contribution < -0.4 is 10.6 Å². The van der Waals surface area contributed by atoms with E-state index < -0.39 is 0 Å². The van der Waals surface area contributed by atoms with Crippen molar-refractivity contribution in [1.29, 1.82) is 0 Å². The number of hydrogen-bond acceptors (Lipinski definition) is 3. The highest BCUT2D eigenvalue weighted by molar-refractivity contribution is 14.0. The van der Waals surface area contributed by atoms with E-state index in [0.717, 1.165) is 24.7 Å². The normalized spacial score (nSPS) is 17.1. The summed E-state index contributed by atoms with van der Waals surface area (Å²) in [6.07, 6.45) is 6.72. The predicted octanol–water partition coefficient (Wildman–Crippen LogP) is 4.10. The molecule has 1 aliphatic carbocycles. The predicted molar refractivity (Wildman–Crippen MR) is 106 cm³/mol. The summed E-state index contributed by atoms with van der Waals surface area (Å²) in [5, 5.41) is 6.91. The average Bonchev–Trinajstić information content (AvgIpc) is 3.12. The number of halogens is 1. The Morgan fingerprint density at radius 2 is 2.05 bits per heavy atom. The Bertz CT molecular complexity index is 466. The molecular formula is C16H29IN4S. The Labute approximate surface area is 155 Å². The maximum atomic E-state index is 4.71. The molecule has 1 aliphatic rings. The highest BCUT2D eigenvalue weighted by atomic mass is 127. The third-order valence-corrected chi connectivity index (χ3v) is 5.53. The zero-order chi connectivity index (χ0) is 15.1. The van der Waals surface area contributed by atoms with Gasteiger partial charge < -0.3 is 10.6 Å². The Morgan fingerprint density at radius 1 is 1.32 bits per heavy atom. The summed E-state index contributed by atoms with van der Waals surface area (Å²) in [6, 6.07) is 0. The smallest absolute Gasteiger partial charge is 0.191 e. The summed E-state index contributed by atoms with van der Waals surface area (Å²) in [6.45, 7) is 9.12. The standard InChI is InChI=1S/C16H28N4S.HI/c1-4-16(8-6-7-9-16)11-19-15(17-5-2)18-10-14-13(3)20-12-21-14;/h12H,4-11H2,1-3H3,(H2,17,18,19);1H. The van der Waals surface area contributed by atoms with Crippen LogP contribution in [0.4, 0.5) is 0 Å². The molecule has 6 heteroatoms. The topological polar surface area (TPSA) is 49.3 Å². The van der Waals surface area contributed by atoms with Crippen LogP contribution in [0.3, 0.4) is 0 Å². The van der Waals surface area contributed by atoms with Gasteiger partial charge in [-0.05, 0) is 38.5 Å². The number of aliphatic imine (C=N–C) groups is 1. The first-order valence-corrected chi connectivity index (χ1v) is 8.98. The van der Waals surface area contributed by atoms with E-state index >= 15 is 0 Å². The van der Waals surface area contributed by atoms with Crippen LogP contribution in [0.5, 0.6) is 0 Å². The fraction of sp³-hybridized carbons (Fsp3) is 0.750. The van der Waals surface area contributed by atoms with Gasteiger partial charge in [-0.25, -0.2) is 9.98 Å².